The van der Waals surface area contributed by atoms with Gasteiger partial charge in [0.15, 0.2) is 0 Å². The molecule has 0 aliphatic heterocycles. The summed E-state index contributed by atoms with van der Waals surface area (Å²) in [6.07, 6.45) is 9.80. The molecule has 0 spiro atoms. The number of nitrogens with two attached hydrogens (primary N) is 1. The summed E-state index contributed by atoms with van der Waals surface area (Å²) in [6.45, 7) is 0.563. The van der Waals surface area contributed by atoms with Gasteiger partial charge in [0, 0.05) is 12.1 Å². The van der Waals surface area contributed by atoms with E-state index < -0.39 is 0 Å². The molecule has 0 aromatic carbocycles. The average Bonchev–Trinajstić information content (AvgIpc) is 2.49. The van der Waals surface area contributed by atoms with Crippen molar-refractivity contribution in [1.82, 2.24) is 9.78 Å². The van der Waals surface area contributed by atoms with E-state index in [2.05, 4.69) is 25.7 Å². The van der Waals surface area contributed by atoms with Crippen molar-refractivity contribution in [3.63, 3.8) is 0 Å². The normalized spacial score (nSPS) is 19.1. The van der Waals surface area contributed by atoms with Gasteiger partial charge in [0.2, 0.25) is 0 Å². The third-order valence-electron chi connectivity index (χ3n) is 3.19. The van der Waals surface area contributed by atoms with Crippen molar-refractivity contribution in [2.45, 2.75) is 51.1 Å². The highest BCUT2D eigenvalue weighted by Crippen LogP contribution is 2.30. The largest absolute Gasteiger partial charge is 0.326 e. The summed E-state index contributed by atoms with van der Waals surface area (Å²) in [5.41, 5.74) is 6.75. The Morgan fingerprint density at radius 1 is 1.33 bits per heavy atom. The maximum atomic E-state index is 5.64. The molecule has 3 nitrogen and oxygen atoms in total. The second-order valence-corrected chi connectivity index (χ2v) is 5.01. The van der Waals surface area contributed by atoms with Gasteiger partial charge in [0.05, 0.1) is 12.2 Å². The Kier molecular flexibility index (Phi) is 3.81. The lowest BCUT2D eigenvalue weighted by molar-refractivity contribution is 0.398. The first-order valence-corrected chi connectivity index (χ1v) is 6.54. The monoisotopic (exact) mass is 271 g/mol. The standard InChI is InChI=1S/C11H18BrN3/c12-11-9(7-13)8-14-15(11)10-5-3-1-2-4-6-10/h8,10H,1-7,13H2. The summed E-state index contributed by atoms with van der Waals surface area (Å²) in [7, 11) is 0. The summed E-state index contributed by atoms with van der Waals surface area (Å²) in [6, 6.07) is 0.571. The Morgan fingerprint density at radius 3 is 2.53 bits per heavy atom. The quantitative estimate of drug-likeness (QED) is 0.841. The molecule has 4 heteroatoms. The maximum Gasteiger partial charge on any atom is 0.108 e. The minimum atomic E-state index is 0.563. The van der Waals surface area contributed by atoms with E-state index in [1.54, 1.807) is 0 Å². The van der Waals surface area contributed by atoms with Crippen LogP contribution in [0.2, 0.25) is 0 Å². The summed E-state index contributed by atoms with van der Waals surface area (Å²) < 4.78 is 3.20. The third-order valence-corrected chi connectivity index (χ3v) is 4.07. The van der Waals surface area contributed by atoms with Gasteiger partial charge in [-0.1, -0.05) is 25.7 Å². The van der Waals surface area contributed by atoms with E-state index >= 15 is 0 Å². The predicted molar refractivity (Wildman–Crippen MR) is 64.6 cm³/mol. The fourth-order valence-corrected chi connectivity index (χ4v) is 2.92. The van der Waals surface area contributed by atoms with Gasteiger partial charge in [0.1, 0.15) is 4.60 Å². The van der Waals surface area contributed by atoms with E-state index in [9.17, 15) is 0 Å². The van der Waals surface area contributed by atoms with Crippen molar-refractivity contribution >= 4 is 15.9 Å². The molecule has 0 bridgehead atoms. The molecule has 1 aliphatic rings. The third kappa shape index (κ3) is 2.42. The zero-order chi connectivity index (χ0) is 10.7. The van der Waals surface area contributed by atoms with E-state index in [0.29, 0.717) is 12.6 Å². The molecule has 0 amide bonds. The molecule has 1 saturated carbocycles. The van der Waals surface area contributed by atoms with Crippen molar-refractivity contribution in [3.8, 4) is 0 Å². The molecular weight excluding hydrogens is 254 g/mol. The molecule has 1 heterocycles. The molecule has 84 valence electrons. The number of aromatic nitrogens is 2. The van der Waals surface area contributed by atoms with Crippen molar-refractivity contribution in [1.29, 1.82) is 0 Å². The van der Waals surface area contributed by atoms with Crippen LogP contribution in [-0.4, -0.2) is 9.78 Å². The highest BCUT2D eigenvalue weighted by molar-refractivity contribution is 9.10. The molecule has 15 heavy (non-hydrogen) atoms. The Balaban J connectivity index is 2.16. The summed E-state index contributed by atoms with van der Waals surface area (Å²) in [4.78, 5) is 0. The summed E-state index contributed by atoms with van der Waals surface area (Å²) in [5, 5.41) is 4.44. The van der Waals surface area contributed by atoms with E-state index in [1.165, 1.54) is 38.5 Å². The Bertz CT molecular complexity index is 314. The van der Waals surface area contributed by atoms with Crippen LogP contribution in [0, 0.1) is 0 Å². The van der Waals surface area contributed by atoms with Crippen LogP contribution in [-0.2, 0) is 6.54 Å². The second-order valence-electron chi connectivity index (χ2n) is 4.25. The summed E-state index contributed by atoms with van der Waals surface area (Å²) >= 11 is 3.59. The number of rotatable bonds is 2. The predicted octanol–water partition coefficient (Wildman–Crippen LogP) is 3.00. The van der Waals surface area contributed by atoms with E-state index in [1.807, 2.05) is 6.20 Å². The molecule has 1 aliphatic carbocycles. The van der Waals surface area contributed by atoms with Crippen LogP contribution in [0.4, 0.5) is 0 Å². The van der Waals surface area contributed by atoms with Crippen LogP contribution < -0.4 is 5.73 Å². The number of halogens is 1. The van der Waals surface area contributed by atoms with E-state index in [0.717, 1.165) is 10.2 Å². The van der Waals surface area contributed by atoms with Gasteiger partial charge in [-0.15, -0.1) is 0 Å². The fraction of sp³-hybridized carbons (Fsp3) is 0.727. The lowest BCUT2D eigenvalue weighted by atomic mass is 10.1. The van der Waals surface area contributed by atoms with Gasteiger partial charge < -0.3 is 5.73 Å². The van der Waals surface area contributed by atoms with Gasteiger partial charge >= 0.3 is 0 Å². The maximum absolute atomic E-state index is 5.64. The molecule has 0 unspecified atom stereocenters. The molecule has 0 atom stereocenters. The van der Waals surface area contributed by atoms with E-state index in [4.69, 9.17) is 5.73 Å². The fourth-order valence-electron chi connectivity index (χ4n) is 2.28. The molecule has 0 radical (unpaired) electrons. The lowest BCUT2D eigenvalue weighted by Crippen LogP contribution is -2.10. The number of hydrogen-bond acceptors (Lipinski definition) is 2. The zero-order valence-electron chi connectivity index (χ0n) is 8.95. The highest BCUT2D eigenvalue weighted by Gasteiger charge is 2.18. The second kappa shape index (κ2) is 5.12. The first kappa shape index (κ1) is 11.1. The van der Waals surface area contributed by atoms with Gasteiger partial charge in [-0.2, -0.15) is 5.10 Å². The minimum Gasteiger partial charge on any atom is -0.326 e. The first-order valence-electron chi connectivity index (χ1n) is 5.75. The van der Waals surface area contributed by atoms with Crippen LogP contribution >= 0.6 is 15.9 Å². The van der Waals surface area contributed by atoms with Crippen molar-refractivity contribution < 1.29 is 0 Å². The number of hydrogen-bond donors (Lipinski definition) is 1. The number of nitrogens with zero attached hydrogens (tertiary/aromatic N) is 2. The topological polar surface area (TPSA) is 43.8 Å². The highest BCUT2D eigenvalue weighted by atomic mass is 79.9. The molecule has 2 rings (SSSR count). The van der Waals surface area contributed by atoms with E-state index in [-0.39, 0.29) is 0 Å². The Labute approximate surface area is 99.2 Å². The van der Waals surface area contributed by atoms with Crippen molar-refractivity contribution in [3.05, 3.63) is 16.4 Å². The Morgan fingerprint density at radius 2 is 2.00 bits per heavy atom. The van der Waals surface area contributed by atoms with Crippen LogP contribution in [0.15, 0.2) is 10.8 Å². The van der Waals surface area contributed by atoms with Gasteiger partial charge in [-0.25, -0.2) is 0 Å². The van der Waals surface area contributed by atoms with Crippen LogP contribution in [0.3, 0.4) is 0 Å². The van der Waals surface area contributed by atoms with Gasteiger partial charge in [0.25, 0.3) is 0 Å². The first-order chi connectivity index (χ1) is 7.33. The van der Waals surface area contributed by atoms with Crippen LogP contribution in [0.1, 0.15) is 50.1 Å². The molecule has 1 fully saturated rings. The van der Waals surface area contributed by atoms with Gasteiger partial charge in [-0.3, -0.25) is 4.68 Å². The van der Waals surface area contributed by atoms with Crippen molar-refractivity contribution in [2.75, 3.05) is 0 Å². The minimum absolute atomic E-state index is 0.563. The SMILES string of the molecule is NCc1cnn(C2CCCCCC2)c1Br. The smallest absolute Gasteiger partial charge is 0.108 e. The van der Waals surface area contributed by atoms with Crippen molar-refractivity contribution in [2.24, 2.45) is 5.73 Å². The van der Waals surface area contributed by atoms with Crippen LogP contribution in [0.5, 0.6) is 0 Å². The van der Waals surface area contributed by atoms with Crippen LogP contribution in [0.25, 0.3) is 0 Å². The Hall–Kier alpha value is -0.350. The lowest BCUT2D eigenvalue weighted by Gasteiger charge is -2.16. The molecule has 2 N–H and O–H groups in total. The molecule has 1 aromatic rings. The van der Waals surface area contributed by atoms with Gasteiger partial charge in [-0.05, 0) is 28.8 Å². The average molecular weight is 272 g/mol. The molecule has 1 aromatic heterocycles. The molecular formula is C11H18BrN3. The summed E-state index contributed by atoms with van der Waals surface area (Å²) in [5.74, 6) is 0. The zero-order valence-corrected chi connectivity index (χ0v) is 10.5. The molecule has 0 saturated heterocycles.